The van der Waals surface area contributed by atoms with Crippen molar-refractivity contribution in [1.29, 1.82) is 0 Å². The Balaban J connectivity index is 1.61. The molecule has 152 valence electrons. The second-order valence-corrected chi connectivity index (χ2v) is 7.38. The van der Waals surface area contributed by atoms with Gasteiger partial charge in [-0.15, -0.1) is 10.2 Å². The van der Waals surface area contributed by atoms with Gasteiger partial charge < -0.3 is 14.6 Å². The van der Waals surface area contributed by atoms with Crippen LogP contribution in [0.4, 0.5) is 10.2 Å². The molecule has 2 aromatic heterocycles. The van der Waals surface area contributed by atoms with Gasteiger partial charge in [0.1, 0.15) is 17.4 Å². The summed E-state index contributed by atoms with van der Waals surface area (Å²) in [5.41, 5.74) is 0. The highest BCUT2D eigenvalue weighted by Crippen LogP contribution is 2.25. The van der Waals surface area contributed by atoms with E-state index in [4.69, 9.17) is 16.3 Å². The predicted octanol–water partition coefficient (Wildman–Crippen LogP) is 4.36. The van der Waals surface area contributed by atoms with Crippen LogP contribution in [0.1, 0.15) is 25.8 Å². The van der Waals surface area contributed by atoms with Gasteiger partial charge >= 0.3 is 0 Å². The maximum Gasteiger partial charge on any atom is 0.236 e. The molecule has 0 saturated carbocycles. The Labute approximate surface area is 176 Å². The van der Waals surface area contributed by atoms with Gasteiger partial charge in [-0.1, -0.05) is 23.4 Å². The number of halogens is 2. The number of hydrogen-bond donors (Lipinski definition) is 1. The number of amides is 1. The van der Waals surface area contributed by atoms with Crippen molar-refractivity contribution < 1.29 is 13.9 Å². The molecule has 3 rings (SSSR count). The first kappa shape index (κ1) is 21.1. The molecule has 29 heavy (non-hydrogen) atoms. The van der Waals surface area contributed by atoms with Crippen LogP contribution in [0.3, 0.4) is 0 Å². The lowest BCUT2D eigenvalue weighted by Gasteiger charge is -2.15. The maximum absolute atomic E-state index is 13.0. The van der Waals surface area contributed by atoms with Crippen molar-refractivity contribution in [1.82, 2.24) is 19.7 Å². The van der Waals surface area contributed by atoms with Crippen LogP contribution in [0, 0.1) is 5.82 Å². The Morgan fingerprint density at radius 1 is 1.28 bits per heavy atom. The Kier molecular flexibility index (Phi) is 7.05. The van der Waals surface area contributed by atoms with Gasteiger partial charge in [-0.25, -0.2) is 9.37 Å². The third-order valence-corrected chi connectivity index (χ3v) is 5.07. The molecule has 2 heterocycles. The zero-order valence-corrected chi connectivity index (χ0v) is 17.4. The van der Waals surface area contributed by atoms with Crippen LogP contribution in [0.15, 0.2) is 47.8 Å². The smallest absolute Gasteiger partial charge is 0.236 e. The van der Waals surface area contributed by atoms with E-state index in [1.165, 1.54) is 30.1 Å². The van der Waals surface area contributed by atoms with Crippen LogP contribution in [-0.2, 0) is 11.3 Å². The molecule has 0 fully saturated rings. The number of carbonyl (C=O) groups excluding carboxylic acids is 1. The number of nitrogens with one attached hydrogen (secondary N) is 1. The first-order valence-electron chi connectivity index (χ1n) is 8.85. The van der Waals surface area contributed by atoms with Gasteiger partial charge in [0, 0.05) is 12.7 Å². The lowest BCUT2D eigenvalue weighted by Crippen LogP contribution is -2.16. The Morgan fingerprint density at radius 2 is 2.03 bits per heavy atom. The Bertz CT molecular complexity index is 966. The van der Waals surface area contributed by atoms with Crippen molar-refractivity contribution in [2.45, 2.75) is 31.7 Å². The molecule has 1 N–H and O–H groups in total. The van der Waals surface area contributed by atoms with Crippen LogP contribution in [-0.4, -0.2) is 31.4 Å². The lowest BCUT2D eigenvalue weighted by atomic mass is 10.3. The minimum atomic E-state index is -0.394. The standard InChI is InChI=1S/C19H19ClFN5O2S/c1-3-26-18(12(2)28-15-7-5-14(21)6-8-15)24-25-19(26)29-11-17(27)23-16-9-4-13(20)10-22-16/h4-10,12H,3,11H2,1-2H3,(H,22,23,27). The first-order chi connectivity index (χ1) is 14.0. The normalized spacial score (nSPS) is 11.9. The average Bonchev–Trinajstić information content (AvgIpc) is 3.13. The van der Waals surface area contributed by atoms with E-state index in [0.717, 1.165) is 0 Å². The summed E-state index contributed by atoms with van der Waals surface area (Å²) in [6, 6.07) is 9.07. The number of pyridine rings is 1. The molecule has 0 aliphatic carbocycles. The number of thioether (sulfide) groups is 1. The number of anilines is 1. The quantitative estimate of drug-likeness (QED) is 0.529. The zero-order valence-electron chi connectivity index (χ0n) is 15.8. The van der Waals surface area contributed by atoms with E-state index in [1.54, 1.807) is 24.3 Å². The van der Waals surface area contributed by atoms with Gasteiger partial charge in [-0.3, -0.25) is 4.79 Å². The molecule has 0 radical (unpaired) electrons. The molecule has 7 nitrogen and oxygen atoms in total. The summed E-state index contributed by atoms with van der Waals surface area (Å²) >= 11 is 7.05. The van der Waals surface area contributed by atoms with Crippen molar-refractivity contribution in [2.24, 2.45) is 0 Å². The molecule has 1 aromatic carbocycles. The fraction of sp³-hybridized carbons (Fsp3) is 0.263. The Morgan fingerprint density at radius 3 is 2.69 bits per heavy atom. The second-order valence-electron chi connectivity index (χ2n) is 6.00. The van der Waals surface area contributed by atoms with Gasteiger partial charge in [0.05, 0.1) is 10.8 Å². The minimum absolute atomic E-state index is 0.148. The van der Waals surface area contributed by atoms with Gasteiger partial charge in [0.15, 0.2) is 17.1 Å². The summed E-state index contributed by atoms with van der Waals surface area (Å²) in [5, 5.41) is 12.2. The number of nitrogens with zero attached hydrogens (tertiary/aromatic N) is 4. The number of hydrogen-bond acceptors (Lipinski definition) is 6. The number of ether oxygens (including phenoxy) is 1. The second kappa shape index (κ2) is 9.71. The monoisotopic (exact) mass is 435 g/mol. The highest BCUT2D eigenvalue weighted by Gasteiger charge is 2.19. The minimum Gasteiger partial charge on any atom is -0.483 e. The third kappa shape index (κ3) is 5.68. The predicted molar refractivity (Wildman–Crippen MR) is 110 cm³/mol. The fourth-order valence-corrected chi connectivity index (χ4v) is 3.45. The largest absolute Gasteiger partial charge is 0.483 e. The van der Waals surface area contributed by atoms with E-state index in [-0.39, 0.29) is 17.5 Å². The molecular formula is C19H19ClFN5O2S. The number of aromatic nitrogens is 4. The topological polar surface area (TPSA) is 81.9 Å². The van der Waals surface area contributed by atoms with Gasteiger partial charge in [0.25, 0.3) is 0 Å². The number of benzene rings is 1. The van der Waals surface area contributed by atoms with Gasteiger partial charge in [-0.05, 0) is 50.2 Å². The van der Waals surface area contributed by atoms with Crippen molar-refractivity contribution >= 4 is 35.1 Å². The molecule has 0 aliphatic heterocycles. The van der Waals surface area contributed by atoms with Crippen molar-refractivity contribution in [3.05, 3.63) is 59.3 Å². The summed E-state index contributed by atoms with van der Waals surface area (Å²) < 4.78 is 20.8. The summed E-state index contributed by atoms with van der Waals surface area (Å²) in [6.45, 7) is 4.41. The van der Waals surface area contributed by atoms with Gasteiger partial charge in [0.2, 0.25) is 5.91 Å². The van der Waals surface area contributed by atoms with Crippen molar-refractivity contribution in [3.63, 3.8) is 0 Å². The van der Waals surface area contributed by atoms with E-state index < -0.39 is 6.10 Å². The van der Waals surface area contributed by atoms with Crippen molar-refractivity contribution in [3.8, 4) is 5.75 Å². The summed E-state index contributed by atoms with van der Waals surface area (Å²) in [7, 11) is 0. The fourth-order valence-electron chi connectivity index (χ4n) is 2.53. The zero-order chi connectivity index (χ0) is 20.8. The molecule has 1 unspecified atom stereocenters. The van der Waals surface area contributed by atoms with E-state index in [2.05, 4.69) is 20.5 Å². The summed E-state index contributed by atoms with van der Waals surface area (Å²) in [6.07, 6.45) is 1.07. The molecule has 3 aromatic rings. The first-order valence-corrected chi connectivity index (χ1v) is 10.2. The Hall–Kier alpha value is -2.65. The molecule has 1 atom stereocenters. The van der Waals surface area contributed by atoms with Crippen LogP contribution < -0.4 is 10.1 Å². The lowest BCUT2D eigenvalue weighted by molar-refractivity contribution is -0.113. The molecule has 10 heteroatoms. The van der Waals surface area contributed by atoms with Crippen molar-refractivity contribution in [2.75, 3.05) is 11.1 Å². The molecular weight excluding hydrogens is 417 g/mol. The van der Waals surface area contributed by atoms with Crippen LogP contribution in [0.5, 0.6) is 5.75 Å². The molecule has 0 bridgehead atoms. The van der Waals surface area contributed by atoms with E-state index in [9.17, 15) is 9.18 Å². The molecule has 0 spiro atoms. The summed E-state index contributed by atoms with van der Waals surface area (Å²) in [5.74, 6) is 1.20. The maximum atomic E-state index is 13.0. The summed E-state index contributed by atoms with van der Waals surface area (Å²) in [4.78, 5) is 16.2. The average molecular weight is 436 g/mol. The SMILES string of the molecule is CCn1c(SCC(=O)Nc2ccc(Cl)cn2)nnc1C(C)Oc1ccc(F)cc1. The molecule has 0 saturated heterocycles. The number of carbonyl (C=O) groups is 1. The van der Waals surface area contributed by atoms with E-state index in [0.29, 0.717) is 34.1 Å². The van der Waals surface area contributed by atoms with Crippen LogP contribution in [0.2, 0.25) is 5.02 Å². The van der Waals surface area contributed by atoms with E-state index in [1.807, 2.05) is 18.4 Å². The number of rotatable bonds is 8. The highest BCUT2D eigenvalue weighted by atomic mass is 35.5. The molecule has 1 amide bonds. The third-order valence-electron chi connectivity index (χ3n) is 3.88. The highest BCUT2D eigenvalue weighted by molar-refractivity contribution is 7.99. The molecule has 0 aliphatic rings. The van der Waals surface area contributed by atoms with Crippen LogP contribution in [0.25, 0.3) is 0 Å². The van der Waals surface area contributed by atoms with Crippen LogP contribution >= 0.6 is 23.4 Å². The van der Waals surface area contributed by atoms with E-state index >= 15 is 0 Å². The van der Waals surface area contributed by atoms with Gasteiger partial charge in [-0.2, -0.15) is 0 Å².